The van der Waals surface area contributed by atoms with Gasteiger partial charge >= 0.3 is 6.01 Å². The molecule has 9 nitrogen and oxygen atoms in total. The number of carbonyl (C=O) groups is 1. The summed E-state index contributed by atoms with van der Waals surface area (Å²) >= 11 is 0. The highest BCUT2D eigenvalue weighted by atomic mass is 16.5. The van der Waals surface area contributed by atoms with Crippen molar-refractivity contribution in [1.29, 1.82) is 0 Å². The Hall–Kier alpha value is -4.37. The monoisotopic (exact) mass is 488 g/mol. The molecule has 1 amide bonds. The molecule has 0 aliphatic rings. The van der Waals surface area contributed by atoms with Crippen LogP contribution in [0.1, 0.15) is 15.9 Å². The van der Waals surface area contributed by atoms with E-state index in [-0.39, 0.29) is 11.9 Å². The third-order valence-electron chi connectivity index (χ3n) is 5.52. The second-order valence-corrected chi connectivity index (χ2v) is 7.85. The van der Waals surface area contributed by atoms with Gasteiger partial charge in [0.15, 0.2) is 5.82 Å². The summed E-state index contributed by atoms with van der Waals surface area (Å²) in [5.74, 6) is 1.39. The number of hydrogen-bond acceptors (Lipinski definition) is 7. The Balaban J connectivity index is 1.60. The van der Waals surface area contributed by atoms with Gasteiger partial charge in [-0.15, -0.1) is 5.10 Å². The number of methoxy groups -OCH3 is 3. The van der Waals surface area contributed by atoms with Crippen molar-refractivity contribution in [3.63, 3.8) is 0 Å². The normalized spacial score (nSPS) is 10.7. The highest BCUT2D eigenvalue weighted by Crippen LogP contribution is 2.28. The maximum Gasteiger partial charge on any atom is 0.336 e. The first-order valence-corrected chi connectivity index (χ1v) is 11.3. The highest BCUT2D eigenvalue weighted by Gasteiger charge is 2.17. The van der Waals surface area contributed by atoms with Gasteiger partial charge in [-0.2, -0.15) is 4.98 Å². The molecule has 9 heteroatoms. The van der Waals surface area contributed by atoms with Crippen molar-refractivity contribution in [2.24, 2.45) is 0 Å². The average Bonchev–Trinajstić information content (AvgIpc) is 3.33. The van der Waals surface area contributed by atoms with Gasteiger partial charge in [0.2, 0.25) is 0 Å². The topological polar surface area (TPSA) is 96.7 Å². The largest absolute Gasteiger partial charge is 0.497 e. The summed E-state index contributed by atoms with van der Waals surface area (Å²) in [6, 6.07) is 20.6. The van der Waals surface area contributed by atoms with Crippen LogP contribution in [0.4, 0.5) is 5.69 Å². The van der Waals surface area contributed by atoms with Gasteiger partial charge < -0.3 is 24.3 Å². The lowest BCUT2D eigenvalue weighted by molar-refractivity contribution is 0.102. The summed E-state index contributed by atoms with van der Waals surface area (Å²) in [4.78, 5) is 17.5. The van der Waals surface area contributed by atoms with Crippen molar-refractivity contribution in [3.05, 3.63) is 77.9 Å². The predicted octanol–water partition coefficient (Wildman–Crippen LogP) is 4.54. The van der Waals surface area contributed by atoms with Crippen LogP contribution in [0.5, 0.6) is 17.5 Å². The molecule has 0 saturated heterocycles. The molecule has 4 rings (SSSR count). The molecule has 0 aliphatic heterocycles. The lowest BCUT2D eigenvalue weighted by Gasteiger charge is -2.12. The Morgan fingerprint density at radius 2 is 1.72 bits per heavy atom. The number of benzene rings is 3. The van der Waals surface area contributed by atoms with Gasteiger partial charge in [0.1, 0.15) is 18.1 Å². The highest BCUT2D eigenvalue weighted by molar-refractivity contribution is 6.06. The summed E-state index contributed by atoms with van der Waals surface area (Å²) in [7, 11) is 4.68. The summed E-state index contributed by atoms with van der Waals surface area (Å²) in [5.41, 5.74) is 3.79. The first-order valence-electron chi connectivity index (χ1n) is 11.3. The molecule has 3 aromatic carbocycles. The lowest BCUT2D eigenvalue weighted by Crippen LogP contribution is -2.13. The minimum absolute atomic E-state index is 0.259. The summed E-state index contributed by atoms with van der Waals surface area (Å²) in [6.07, 6.45) is 0. The number of ether oxygens (including phenoxy) is 4. The van der Waals surface area contributed by atoms with Crippen molar-refractivity contribution in [1.82, 2.24) is 14.8 Å². The molecule has 0 atom stereocenters. The molecule has 36 heavy (non-hydrogen) atoms. The molecule has 0 aliphatic carbocycles. The van der Waals surface area contributed by atoms with Crippen LogP contribution in [0, 0.1) is 6.92 Å². The van der Waals surface area contributed by atoms with E-state index in [4.69, 9.17) is 18.9 Å². The summed E-state index contributed by atoms with van der Waals surface area (Å²) < 4.78 is 23.0. The fourth-order valence-electron chi connectivity index (χ4n) is 3.62. The van der Waals surface area contributed by atoms with Crippen molar-refractivity contribution in [2.45, 2.75) is 6.92 Å². The third kappa shape index (κ3) is 5.47. The number of rotatable bonds is 10. The van der Waals surface area contributed by atoms with E-state index in [1.807, 2.05) is 43.3 Å². The van der Waals surface area contributed by atoms with Gasteiger partial charge in [-0.3, -0.25) is 4.79 Å². The Morgan fingerprint density at radius 1 is 0.944 bits per heavy atom. The molecule has 0 unspecified atom stereocenters. The zero-order valence-corrected chi connectivity index (χ0v) is 20.6. The molecule has 1 heterocycles. The SMILES string of the molecule is COCCOc1nc(-c2ccccc2C)n(-c2ccc(NC(=O)c3ccc(OC)cc3OC)cc2)n1. The van der Waals surface area contributed by atoms with Crippen LogP contribution in [0.15, 0.2) is 66.7 Å². The standard InChI is InChI=1S/C27H28N4O5/c1-18-7-5-6-8-22(18)25-29-27(36-16-15-33-2)30-31(25)20-11-9-19(10-12-20)28-26(32)23-14-13-21(34-3)17-24(23)35-4/h5-14,17H,15-16H2,1-4H3,(H,28,32). The fourth-order valence-corrected chi connectivity index (χ4v) is 3.62. The zero-order valence-electron chi connectivity index (χ0n) is 20.6. The molecule has 0 spiro atoms. The van der Waals surface area contributed by atoms with Crippen LogP contribution >= 0.6 is 0 Å². The van der Waals surface area contributed by atoms with Crippen molar-refractivity contribution < 1.29 is 23.7 Å². The van der Waals surface area contributed by atoms with Gasteiger partial charge in [0.25, 0.3) is 5.91 Å². The second-order valence-electron chi connectivity index (χ2n) is 7.85. The Morgan fingerprint density at radius 3 is 2.42 bits per heavy atom. The molecule has 1 aromatic heterocycles. The second kappa shape index (κ2) is 11.4. The van der Waals surface area contributed by atoms with Gasteiger partial charge in [0.05, 0.1) is 32.1 Å². The zero-order chi connectivity index (χ0) is 25.5. The van der Waals surface area contributed by atoms with E-state index >= 15 is 0 Å². The molecular weight excluding hydrogens is 460 g/mol. The Labute approximate surface area is 209 Å². The molecule has 0 bridgehead atoms. The number of aryl methyl sites for hydroxylation is 1. The van der Waals surface area contributed by atoms with Crippen LogP contribution in [0.25, 0.3) is 17.1 Å². The van der Waals surface area contributed by atoms with E-state index in [0.29, 0.717) is 41.8 Å². The number of aromatic nitrogens is 3. The van der Waals surface area contributed by atoms with Gasteiger partial charge in [-0.25, -0.2) is 4.68 Å². The fraction of sp³-hybridized carbons (Fsp3) is 0.222. The molecule has 1 N–H and O–H groups in total. The minimum atomic E-state index is -0.294. The van der Waals surface area contributed by atoms with Crippen molar-refractivity contribution >= 4 is 11.6 Å². The third-order valence-corrected chi connectivity index (χ3v) is 5.52. The maximum absolute atomic E-state index is 12.9. The van der Waals surface area contributed by atoms with Crippen molar-refractivity contribution in [2.75, 3.05) is 39.9 Å². The minimum Gasteiger partial charge on any atom is -0.497 e. The van der Waals surface area contributed by atoms with Crippen LogP contribution in [0.2, 0.25) is 0 Å². The van der Waals surface area contributed by atoms with Crippen LogP contribution in [-0.4, -0.2) is 55.2 Å². The van der Waals surface area contributed by atoms with E-state index in [2.05, 4.69) is 15.4 Å². The number of nitrogens with one attached hydrogen (secondary N) is 1. The van der Waals surface area contributed by atoms with Gasteiger partial charge in [-0.1, -0.05) is 24.3 Å². The van der Waals surface area contributed by atoms with Crippen LogP contribution in [0.3, 0.4) is 0 Å². The molecular formula is C27H28N4O5. The molecule has 0 radical (unpaired) electrons. The van der Waals surface area contributed by atoms with E-state index in [0.717, 1.165) is 16.8 Å². The van der Waals surface area contributed by atoms with Crippen LogP contribution < -0.4 is 19.5 Å². The summed E-state index contributed by atoms with van der Waals surface area (Å²) in [5, 5.41) is 7.46. The lowest BCUT2D eigenvalue weighted by atomic mass is 10.1. The van der Waals surface area contributed by atoms with E-state index in [1.165, 1.54) is 7.11 Å². The number of carbonyl (C=O) groups excluding carboxylic acids is 1. The smallest absolute Gasteiger partial charge is 0.336 e. The Bertz CT molecular complexity index is 1330. The molecule has 186 valence electrons. The Kier molecular flexibility index (Phi) is 7.82. The van der Waals surface area contributed by atoms with Gasteiger partial charge in [-0.05, 0) is 48.9 Å². The van der Waals surface area contributed by atoms with E-state index in [1.54, 1.807) is 49.2 Å². The van der Waals surface area contributed by atoms with E-state index < -0.39 is 0 Å². The first-order chi connectivity index (χ1) is 17.5. The van der Waals surface area contributed by atoms with Crippen molar-refractivity contribution in [3.8, 4) is 34.6 Å². The molecule has 4 aromatic rings. The number of amides is 1. The number of anilines is 1. The van der Waals surface area contributed by atoms with Gasteiger partial charge in [0, 0.05) is 24.4 Å². The number of hydrogen-bond donors (Lipinski definition) is 1. The van der Waals surface area contributed by atoms with Crippen LogP contribution in [-0.2, 0) is 4.74 Å². The summed E-state index contributed by atoms with van der Waals surface area (Å²) in [6.45, 7) is 2.79. The maximum atomic E-state index is 12.9. The quantitative estimate of drug-likeness (QED) is 0.328. The first kappa shape index (κ1) is 24.7. The predicted molar refractivity (Wildman–Crippen MR) is 136 cm³/mol. The average molecular weight is 489 g/mol. The number of nitrogens with zero attached hydrogens (tertiary/aromatic N) is 3. The molecule has 0 saturated carbocycles. The molecule has 0 fully saturated rings. The van der Waals surface area contributed by atoms with E-state index in [9.17, 15) is 4.79 Å².